The monoisotopic (exact) mass is 417 g/mol. The van der Waals surface area contributed by atoms with Gasteiger partial charge in [-0.1, -0.05) is 119 Å². The number of hydrogen-bond acceptors (Lipinski definition) is 0. The van der Waals surface area contributed by atoms with Crippen molar-refractivity contribution in [1.29, 1.82) is 0 Å². The SMILES string of the molecule is CCC(C)c1ccc([C](Cc2ccccc2)Cc2ccccc2)c(C(C)(C)C)c1Cl. The Morgan fingerprint density at radius 1 is 0.800 bits per heavy atom. The molecule has 0 amide bonds. The van der Waals surface area contributed by atoms with Gasteiger partial charge in [0.1, 0.15) is 0 Å². The number of benzene rings is 3. The van der Waals surface area contributed by atoms with E-state index in [0.717, 1.165) is 24.3 Å². The zero-order valence-corrected chi connectivity index (χ0v) is 19.8. The molecule has 157 valence electrons. The summed E-state index contributed by atoms with van der Waals surface area (Å²) in [5, 5.41) is 0.952. The average molecular weight is 418 g/mol. The van der Waals surface area contributed by atoms with Crippen LogP contribution in [0.25, 0.3) is 0 Å². The molecule has 1 atom stereocenters. The van der Waals surface area contributed by atoms with Crippen LogP contribution in [0.3, 0.4) is 0 Å². The van der Waals surface area contributed by atoms with E-state index in [4.69, 9.17) is 11.6 Å². The van der Waals surface area contributed by atoms with Crippen LogP contribution in [0.1, 0.15) is 74.8 Å². The summed E-state index contributed by atoms with van der Waals surface area (Å²) in [6, 6.07) is 26.1. The van der Waals surface area contributed by atoms with Crippen LogP contribution in [0.15, 0.2) is 72.8 Å². The minimum absolute atomic E-state index is 0.0332. The van der Waals surface area contributed by atoms with Crippen molar-refractivity contribution in [2.75, 3.05) is 0 Å². The van der Waals surface area contributed by atoms with Crippen LogP contribution >= 0.6 is 11.6 Å². The maximum atomic E-state index is 7.11. The number of halogens is 1. The van der Waals surface area contributed by atoms with Crippen LogP contribution in [0.4, 0.5) is 0 Å². The molecule has 0 aromatic heterocycles. The second-order valence-electron chi connectivity index (χ2n) is 9.38. The second kappa shape index (κ2) is 9.84. The van der Waals surface area contributed by atoms with E-state index in [1.54, 1.807) is 0 Å². The third kappa shape index (κ3) is 5.35. The van der Waals surface area contributed by atoms with E-state index in [1.165, 1.54) is 33.7 Å². The average Bonchev–Trinajstić information content (AvgIpc) is 2.73. The zero-order valence-electron chi connectivity index (χ0n) is 19.0. The highest BCUT2D eigenvalue weighted by Crippen LogP contribution is 2.42. The fourth-order valence-electron chi connectivity index (χ4n) is 4.16. The zero-order chi connectivity index (χ0) is 21.7. The Morgan fingerprint density at radius 3 is 1.73 bits per heavy atom. The number of hydrogen-bond donors (Lipinski definition) is 0. The van der Waals surface area contributed by atoms with Crippen LogP contribution in [-0.2, 0) is 18.3 Å². The molecule has 0 nitrogen and oxygen atoms in total. The Kier molecular flexibility index (Phi) is 7.42. The Bertz CT molecular complexity index is 894. The lowest BCUT2D eigenvalue weighted by Gasteiger charge is -2.31. The van der Waals surface area contributed by atoms with Gasteiger partial charge in [0.15, 0.2) is 0 Å². The van der Waals surface area contributed by atoms with E-state index >= 15 is 0 Å². The first kappa shape index (κ1) is 22.6. The summed E-state index contributed by atoms with van der Waals surface area (Å²) in [7, 11) is 0. The lowest BCUT2D eigenvalue weighted by Crippen LogP contribution is -2.20. The first-order valence-corrected chi connectivity index (χ1v) is 11.4. The molecule has 30 heavy (non-hydrogen) atoms. The molecule has 0 fully saturated rings. The van der Waals surface area contributed by atoms with E-state index in [9.17, 15) is 0 Å². The van der Waals surface area contributed by atoms with Crippen LogP contribution in [0.2, 0.25) is 5.02 Å². The molecule has 0 saturated carbocycles. The van der Waals surface area contributed by atoms with E-state index < -0.39 is 0 Å². The fourth-order valence-corrected chi connectivity index (χ4v) is 4.79. The van der Waals surface area contributed by atoms with Crippen molar-refractivity contribution in [2.24, 2.45) is 0 Å². The molecule has 0 aliphatic heterocycles. The van der Waals surface area contributed by atoms with Gasteiger partial charge in [0.05, 0.1) is 0 Å². The van der Waals surface area contributed by atoms with Gasteiger partial charge >= 0.3 is 0 Å². The summed E-state index contributed by atoms with van der Waals surface area (Å²) in [5.41, 5.74) is 6.51. The van der Waals surface area contributed by atoms with Crippen molar-refractivity contribution in [3.05, 3.63) is 112 Å². The maximum absolute atomic E-state index is 7.11. The van der Waals surface area contributed by atoms with Gasteiger partial charge in [-0.2, -0.15) is 0 Å². The summed E-state index contributed by atoms with van der Waals surface area (Å²) < 4.78 is 0. The highest BCUT2D eigenvalue weighted by molar-refractivity contribution is 6.32. The summed E-state index contributed by atoms with van der Waals surface area (Å²) >= 11 is 7.11. The molecule has 3 rings (SSSR count). The molecule has 0 aliphatic rings. The first-order valence-electron chi connectivity index (χ1n) is 11.1. The predicted molar refractivity (Wildman–Crippen MR) is 131 cm³/mol. The summed E-state index contributed by atoms with van der Waals surface area (Å²) in [6.07, 6.45) is 2.95. The molecule has 1 heteroatoms. The summed E-state index contributed by atoms with van der Waals surface area (Å²) in [4.78, 5) is 0. The second-order valence-corrected chi connectivity index (χ2v) is 9.76. The molecule has 1 radical (unpaired) electrons. The van der Waals surface area contributed by atoms with Gasteiger partial charge in [0.2, 0.25) is 0 Å². The van der Waals surface area contributed by atoms with Crippen LogP contribution in [0, 0.1) is 5.92 Å². The highest BCUT2D eigenvalue weighted by Gasteiger charge is 2.28. The quantitative estimate of drug-likeness (QED) is 0.361. The van der Waals surface area contributed by atoms with E-state index in [0.29, 0.717) is 5.92 Å². The molecule has 0 aliphatic carbocycles. The topological polar surface area (TPSA) is 0 Å². The van der Waals surface area contributed by atoms with E-state index in [1.807, 2.05) is 0 Å². The normalized spacial score (nSPS) is 12.9. The Morgan fingerprint density at radius 2 is 1.30 bits per heavy atom. The van der Waals surface area contributed by atoms with Crippen molar-refractivity contribution in [2.45, 2.75) is 65.2 Å². The van der Waals surface area contributed by atoms with Crippen molar-refractivity contribution in [1.82, 2.24) is 0 Å². The van der Waals surface area contributed by atoms with Gasteiger partial charge in [-0.3, -0.25) is 0 Å². The molecule has 3 aromatic carbocycles. The predicted octanol–water partition coefficient (Wildman–Crippen LogP) is 8.56. The lowest BCUT2D eigenvalue weighted by atomic mass is 9.75. The first-order chi connectivity index (χ1) is 14.3. The molecular weight excluding hydrogens is 384 g/mol. The van der Waals surface area contributed by atoms with Gasteiger partial charge in [0.25, 0.3) is 0 Å². The molecule has 3 aromatic rings. The Labute approximate surface area is 188 Å². The Balaban J connectivity index is 2.12. The molecule has 0 heterocycles. The third-order valence-electron chi connectivity index (χ3n) is 5.97. The standard InChI is InChI=1S/C29H34Cl/c1-6-21(2)25-17-18-26(27(28(25)30)29(3,4)5)24(19-22-13-9-7-10-14-22)20-23-15-11-8-12-16-23/h7-18,21H,6,19-20H2,1-5H3. The van der Waals surface area contributed by atoms with Crippen molar-refractivity contribution < 1.29 is 0 Å². The maximum Gasteiger partial charge on any atom is 0.0481 e. The molecule has 0 N–H and O–H groups in total. The van der Waals surface area contributed by atoms with Crippen LogP contribution in [0.5, 0.6) is 0 Å². The lowest BCUT2D eigenvalue weighted by molar-refractivity contribution is 0.580. The van der Waals surface area contributed by atoms with Gasteiger partial charge in [-0.25, -0.2) is 0 Å². The van der Waals surface area contributed by atoms with Crippen molar-refractivity contribution in [3.8, 4) is 0 Å². The van der Waals surface area contributed by atoms with E-state index in [-0.39, 0.29) is 5.41 Å². The van der Waals surface area contributed by atoms with Gasteiger partial charge < -0.3 is 0 Å². The fraction of sp³-hybridized carbons (Fsp3) is 0.345. The molecule has 0 saturated heterocycles. The minimum Gasteiger partial charge on any atom is -0.0837 e. The third-order valence-corrected chi connectivity index (χ3v) is 6.37. The Hall–Kier alpha value is -2.05. The van der Waals surface area contributed by atoms with E-state index in [2.05, 4.69) is 107 Å². The minimum atomic E-state index is -0.0332. The van der Waals surface area contributed by atoms with Gasteiger partial charge in [-0.15, -0.1) is 0 Å². The van der Waals surface area contributed by atoms with Crippen LogP contribution < -0.4 is 0 Å². The summed E-state index contributed by atoms with van der Waals surface area (Å²) in [6.45, 7) is 11.3. The van der Waals surface area contributed by atoms with Crippen LogP contribution in [-0.4, -0.2) is 0 Å². The molecule has 1 unspecified atom stereocenters. The van der Waals surface area contributed by atoms with Crippen molar-refractivity contribution >= 4 is 11.6 Å². The molecule has 0 spiro atoms. The highest BCUT2D eigenvalue weighted by atomic mass is 35.5. The largest absolute Gasteiger partial charge is 0.0837 e. The van der Waals surface area contributed by atoms with Crippen molar-refractivity contribution in [3.63, 3.8) is 0 Å². The molecule has 0 bridgehead atoms. The number of rotatable bonds is 7. The summed E-state index contributed by atoms with van der Waals surface area (Å²) in [5.74, 6) is 1.88. The van der Waals surface area contributed by atoms with Gasteiger partial charge in [0, 0.05) is 10.9 Å². The smallest absolute Gasteiger partial charge is 0.0481 e. The van der Waals surface area contributed by atoms with Gasteiger partial charge in [-0.05, 0) is 58.4 Å². The molecular formula is C29H34Cl.